The summed E-state index contributed by atoms with van der Waals surface area (Å²) in [6.45, 7) is 1.89. The molecule has 0 spiro atoms. The highest BCUT2D eigenvalue weighted by Crippen LogP contribution is 2.31. The van der Waals surface area contributed by atoms with E-state index in [9.17, 15) is 10.1 Å². The molecule has 0 saturated heterocycles. The van der Waals surface area contributed by atoms with Crippen LogP contribution in [0.25, 0.3) is 0 Å². The average molecular weight is 293 g/mol. The third-order valence-electron chi connectivity index (χ3n) is 2.76. The van der Waals surface area contributed by atoms with Gasteiger partial charge in [-0.1, -0.05) is 23.7 Å². The molecule has 0 fully saturated rings. The molecule has 0 aliphatic rings. The van der Waals surface area contributed by atoms with E-state index in [-0.39, 0.29) is 16.8 Å². The summed E-state index contributed by atoms with van der Waals surface area (Å²) < 4.78 is 5.58. The Labute approximate surface area is 121 Å². The Morgan fingerprint density at radius 3 is 2.30 bits per heavy atom. The van der Waals surface area contributed by atoms with E-state index in [1.807, 2.05) is 19.1 Å². The number of hydrogen-bond acceptors (Lipinski definition) is 4. The van der Waals surface area contributed by atoms with Gasteiger partial charge in [0, 0.05) is 18.2 Å². The van der Waals surface area contributed by atoms with E-state index in [1.165, 1.54) is 18.2 Å². The van der Waals surface area contributed by atoms with Crippen LogP contribution in [-0.2, 0) is 0 Å². The molecule has 0 aromatic heterocycles. The zero-order valence-electron chi connectivity index (χ0n) is 10.7. The van der Waals surface area contributed by atoms with Crippen molar-refractivity contribution in [3.63, 3.8) is 0 Å². The van der Waals surface area contributed by atoms with Crippen molar-refractivity contribution in [2.24, 2.45) is 5.73 Å². The summed E-state index contributed by atoms with van der Waals surface area (Å²) in [6, 6.07) is 11.5. The number of halogens is 1. The summed E-state index contributed by atoms with van der Waals surface area (Å²) in [5.74, 6) is 1.05. The lowest BCUT2D eigenvalue weighted by Crippen LogP contribution is -2.04. The molecular formula is C14H13ClN2O3. The van der Waals surface area contributed by atoms with Gasteiger partial charge in [-0.05, 0) is 30.7 Å². The van der Waals surface area contributed by atoms with Crippen LogP contribution in [0.1, 0.15) is 18.5 Å². The van der Waals surface area contributed by atoms with Crippen molar-refractivity contribution in [2.75, 3.05) is 0 Å². The molecule has 0 heterocycles. The maximum atomic E-state index is 10.7. The van der Waals surface area contributed by atoms with Crippen LogP contribution in [0, 0.1) is 10.1 Å². The van der Waals surface area contributed by atoms with Crippen LogP contribution in [0.15, 0.2) is 42.5 Å². The van der Waals surface area contributed by atoms with Gasteiger partial charge in [-0.25, -0.2) is 0 Å². The molecule has 6 heteroatoms. The van der Waals surface area contributed by atoms with E-state index >= 15 is 0 Å². The van der Waals surface area contributed by atoms with Crippen LogP contribution in [-0.4, -0.2) is 4.92 Å². The maximum Gasteiger partial charge on any atom is 0.288 e. The Bertz CT molecular complexity index is 627. The number of ether oxygens (including phenoxy) is 1. The zero-order valence-corrected chi connectivity index (χ0v) is 11.5. The lowest BCUT2D eigenvalue weighted by molar-refractivity contribution is -0.384. The summed E-state index contributed by atoms with van der Waals surface area (Å²) in [6.07, 6.45) is 0. The van der Waals surface area contributed by atoms with Crippen molar-refractivity contribution in [1.29, 1.82) is 0 Å². The molecule has 2 N–H and O–H groups in total. The summed E-state index contributed by atoms with van der Waals surface area (Å²) in [5, 5.41) is 10.7. The van der Waals surface area contributed by atoms with Crippen LogP contribution in [0.3, 0.4) is 0 Å². The molecule has 0 bridgehead atoms. The smallest absolute Gasteiger partial charge is 0.288 e. The molecule has 0 aliphatic carbocycles. The van der Waals surface area contributed by atoms with Gasteiger partial charge in [0.05, 0.1) is 4.92 Å². The SMILES string of the molecule is CC(N)c1ccc(Oc2ccc([N+](=O)[O-])c(Cl)c2)cc1. The fourth-order valence-corrected chi connectivity index (χ4v) is 1.91. The summed E-state index contributed by atoms with van der Waals surface area (Å²) in [4.78, 5) is 10.1. The van der Waals surface area contributed by atoms with Crippen LogP contribution in [0.2, 0.25) is 5.02 Å². The molecule has 0 aliphatic heterocycles. The predicted octanol–water partition coefficient (Wildman–Crippen LogP) is 4.06. The fraction of sp³-hybridized carbons (Fsp3) is 0.143. The van der Waals surface area contributed by atoms with Crippen LogP contribution >= 0.6 is 11.6 Å². The third kappa shape index (κ3) is 3.26. The van der Waals surface area contributed by atoms with Gasteiger partial charge in [-0.3, -0.25) is 10.1 Å². The largest absolute Gasteiger partial charge is 0.457 e. The van der Waals surface area contributed by atoms with Crippen molar-refractivity contribution >= 4 is 17.3 Å². The third-order valence-corrected chi connectivity index (χ3v) is 3.06. The average Bonchev–Trinajstić information content (AvgIpc) is 2.39. The van der Waals surface area contributed by atoms with Crippen molar-refractivity contribution in [3.8, 4) is 11.5 Å². The monoisotopic (exact) mass is 292 g/mol. The number of hydrogen-bond donors (Lipinski definition) is 1. The Kier molecular flexibility index (Phi) is 4.22. The molecule has 2 rings (SSSR count). The molecular weight excluding hydrogens is 280 g/mol. The van der Waals surface area contributed by atoms with Gasteiger partial charge in [0.25, 0.3) is 5.69 Å². The maximum absolute atomic E-state index is 10.7. The van der Waals surface area contributed by atoms with E-state index in [1.54, 1.807) is 12.1 Å². The van der Waals surface area contributed by atoms with Gasteiger partial charge in [0.1, 0.15) is 16.5 Å². The number of nitrogens with zero attached hydrogens (tertiary/aromatic N) is 1. The second-order valence-corrected chi connectivity index (χ2v) is 4.74. The van der Waals surface area contributed by atoms with E-state index < -0.39 is 4.92 Å². The molecule has 0 amide bonds. The number of nitro groups is 1. The minimum absolute atomic E-state index is 0.0414. The summed E-state index contributed by atoms with van der Waals surface area (Å²) in [7, 11) is 0. The molecule has 5 nitrogen and oxygen atoms in total. The molecule has 20 heavy (non-hydrogen) atoms. The first-order valence-electron chi connectivity index (χ1n) is 5.94. The van der Waals surface area contributed by atoms with E-state index in [0.29, 0.717) is 11.5 Å². The molecule has 0 radical (unpaired) electrons. The summed E-state index contributed by atoms with van der Waals surface area (Å²) >= 11 is 5.82. The molecule has 2 aromatic rings. The standard InChI is InChI=1S/C14H13ClN2O3/c1-9(16)10-2-4-11(5-3-10)20-12-6-7-14(17(18)19)13(15)8-12/h2-9H,16H2,1H3. The first-order chi connectivity index (χ1) is 9.47. The molecule has 1 atom stereocenters. The minimum atomic E-state index is -0.538. The van der Waals surface area contributed by atoms with Gasteiger partial charge in [0.15, 0.2) is 0 Å². The van der Waals surface area contributed by atoms with E-state index in [2.05, 4.69) is 0 Å². The van der Waals surface area contributed by atoms with Crippen LogP contribution < -0.4 is 10.5 Å². The van der Waals surface area contributed by atoms with Gasteiger partial charge in [-0.2, -0.15) is 0 Å². The van der Waals surface area contributed by atoms with Crippen molar-refractivity contribution in [3.05, 3.63) is 63.2 Å². The molecule has 0 saturated carbocycles. The molecule has 1 unspecified atom stereocenters. The second-order valence-electron chi connectivity index (χ2n) is 4.33. The number of rotatable bonds is 4. The van der Waals surface area contributed by atoms with Gasteiger partial charge in [-0.15, -0.1) is 0 Å². The number of nitrogens with two attached hydrogens (primary N) is 1. The Morgan fingerprint density at radius 2 is 1.80 bits per heavy atom. The number of nitro benzene ring substituents is 1. The highest BCUT2D eigenvalue weighted by Gasteiger charge is 2.12. The van der Waals surface area contributed by atoms with Gasteiger partial charge >= 0.3 is 0 Å². The number of benzene rings is 2. The first kappa shape index (κ1) is 14.3. The topological polar surface area (TPSA) is 78.4 Å². The Balaban J connectivity index is 2.17. The van der Waals surface area contributed by atoms with Gasteiger partial charge in [0.2, 0.25) is 0 Å². The van der Waals surface area contributed by atoms with Crippen LogP contribution in [0.4, 0.5) is 5.69 Å². The van der Waals surface area contributed by atoms with E-state index in [0.717, 1.165) is 5.56 Å². The lowest BCUT2D eigenvalue weighted by Gasteiger charge is -2.09. The summed E-state index contributed by atoms with van der Waals surface area (Å²) in [5.41, 5.74) is 6.61. The highest BCUT2D eigenvalue weighted by atomic mass is 35.5. The van der Waals surface area contributed by atoms with Crippen molar-refractivity contribution in [2.45, 2.75) is 13.0 Å². The fourth-order valence-electron chi connectivity index (χ4n) is 1.67. The highest BCUT2D eigenvalue weighted by molar-refractivity contribution is 6.32. The van der Waals surface area contributed by atoms with Gasteiger partial charge < -0.3 is 10.5 Å². The molecule has 104 valence electrons. The van der Waals surface area contributed by atoms with Crippen LogP contribution in [0.5, 0.6) is 11.5 Å². The minimum Gasteiger partial charge on any atom is -0.457 e. The second kappa shape index (κ2) is 5.90. The Morgan fingerprint density at radius 1 is 1.20 bits per heavy atom. The molecule has 2 aromatic carbocycles. The van der Waals surface area contributed by atoms with Crippen molar-refractivity contribution in [1.82, 2.24) is 0 Å². The Hall–Kier alpha value is -2.11. The first-order valence-corrected chi connectivity index (χ1v) is 6.32. The zero-order chi connectivity index (χ0) is 14.7. The van der Waals surface area contributed by atoms with Crippen molar-refractivity contribution < 1.29 is 9.66 Å². The lowest BCUT2D eigenvalue weighted by atomic mass is 10.1. The quantitative estimate of drug-likeness (QED) is 0.681. The predicted molar refractivity (Wildman–Crippen MR) is 77.2 cm³/mol. The normalized spacial score (nSPS) is 11.9. The van der Waals surface area contributed by atoms with E-state index in [4.69, 9.17) is 22.1 Å².